The molecule has 3 heterocycles. The highest BCUT2D eigenvalue weighted by Crippen LogP contribution is 2.19. The van der Waals surface area contributed by atoms with Crippen molar-refractivity contribution >= 4 is 11.7 Å². The minimum Gasteiger partial charge on any atom is -0.487 e. The predicted octanol–water partition coefficient (Wildman–Crippen LogP) is 2.47. The Labute approximate surface area is 129 Å². The van der Waals surface area contributed by atoms with E-state index in [-0.39, 0.29) is 12.1 Å². The van der Waals surface area contributed by atoms with Crippen molar-refractivity contribution in [3.05, 3.63) is 48.5 Å². The van der Waals surface area contributed by atoms with Gasteiger partial charge in [0.15, 0.2) is 0 Å². The summed E-state index contributed by atoms with van der Waals surface area (Å²) in [5.74, 6) is 0.734. The van der Waals surface area contributed by atoms with Gasteiger partial charge in [-0.2, -0.15) is 0 Å². The van der Waals surface area contributed by atoms with E-state index in [4.69, 9.17) is 4.74 Å². The third kappa shape index (κ3) is 3.33. The second-order valence-corrected chi connectivity index (χ2v) is 5.28. The van der Waals surface area contributed by atoms with Crippen molar-refractivity contribution in [2.24, 2.45) is 0 Å². The number of nitrogens with one attached hydrogen (secondary N) is 1. The summed E-state index contributed by atoms with van der Waals surface area (Å²) in [6.07, 6.45) is 7.57. The van der Waals surface area contributed by atoms with Crippen molar-refractivity contribution in [1.82, 2.24) is 14.9 Å². The van der Waals surface area contributed by atoms with E-state index in [0.717, 1.165) is 23.4 Å². The number of ether oxygens (including phenoxy) is 1. The zero-order valence-corrected chi connectivity index (χ0v) is 12.4. The topological polar surface area (TPSA) is 67.4 Å². The number of pyridine rings is 2. The molecule has 2 aromatic rings. The zero-order valence-electron chi connectivity index (χ0n) is 12.4. The monoisotopic (exact) mass is 298 g/mol. The maximum Gasteiger partial charge on any atom is 0.322 e. The van der Waals surface area contributed by atoms with E-state index in [1.807, 2.05) is 25.1 Å². The molecule has 0 saturated carbocycles. The van der Waals surface area contributed by atoms with Crippen LogP contribution in [0.1, 0.15) is 12.0 Å². The van der Waals surface area contributed by atoms with Crippen LogP contribution in [0, 0.1) is 6.92 Å². The molecule has 0 aliphatic carbocycles. The summed E-state index contributed by atoms with van der Waals surface area (Å²) in [4.78, 5) is 22.1. The van der Waals surface area contributed by atoms with Crippen molar-refractivity contribution in [3.63, 3.8) is 0 Å². The minimum absolute atomic E-state index is 0.00458. The Bertz CT molecular complexity index is 648. The van der Waals surface area contributed by atoms with Crippen LogP contribution in [0.5, 0.6) is 5.75 Å². The molecule has 1 aliphatic rings. The number of anilines is 1. The molecule has 6 heteroatoms. The number of carbonyl (C=O) groups excluding carboxylic acids is 1. The van der Waals surface area contributed by atoms with Gasteiger partial charge < -0.3 is 15.0 Å². The van der Waals surface area contributed by atoms with Crippen LogP contribution < -0.4 is 10.1 Å². The van der Waals surface area contributed by atoms with Gasteiger partial charge in [0.05, 0.1) is 24.6 Å². The lowest BCUT2D eigenvalue weighted by molar-refractivity contribution is 0.194. The minimum atomic E-state index is -0.117. The summed E-state index contributed by atoms with van der Waals surface area (Å²) in [5.41, 5.74) is 1.73. The zero-order chi connectivity index (χ0) is 15.4. The second-order valence-electron chi connectivity index (χ2n) is 5.28. The average Bonchev–Trinajstić information content (AvgIpc) is 2.99. The van der Waals surface area contributed by atoms with Crippen LogP contribution in [0.3, 0.4) is 0 Å². The molecule has 0 aromatic carbocycles. The number of aromatic nitrogens is 2. The van der Waals surface area contributed by atoms with Gasteiger partial charge in [-0.05, 0) is 30.7 Å². The van der Waals surface area contributed by atoms with E-state index >= 15 is 0 Å². The molecule has 1 fully saturated rings. The number of rotatable bonds is 3. The number of aryl methyl sites for hydroxylation is 1. The molecule has 22 heavy (non-hydrogen) atoms. The first-order valence-electron chi connectivity index (χ1n) is 7.25. The molecule has 114 valence electrons. The van der Waals surface area contributed by atoms with Crippen LogP contribution in [0.2, 0.25) is 0 Å². The molecular formula is C16H18N4O2. The maximum atomic E-state index is 12.3. The summed E-state index contributed by atoms with van der Waals surface area (Å²) < 4.78 is 5.83. The quantitative estimate of drug-likeness (QED) is 0.945. The maximum absolute atomic E-state index is 12.3. The molecule has 0 spiro atoms. The van der Waals surface area contributed by atoms with Gasteiger partial charge in [0.25, 0.3) is 0 Å². The highest BCUT2D eigenvalue weighted by molar-refractivity contribution is 5.90. The second kappa shape index (κ2) is 6.43. The van der Waals surface area contributed by atoms with Crippen molar-refractivity contribution < 1.29 is 9.53 Å². The highest BCUT2D eigenvalue weighted by atomic mass is 16.5. The molecule has 1 aliphatic heterocycles. The Morgan fingerprint density at radius 2 is 2.18 bits per heavy atom. The fourth-order valence-electron chi connectivity index (χ4n) is 2.41. The molecule has 2 aromatic heterocycles. The normalized spacial score (nSPS) is 17.3. The van der Waals surface area contributed by atoms with Crippen LogP contribution >= 0.6 is 0 Å². The van der Waals surface area contributed by atoms with Gasteiger partial charge in [-0.1, -0.05) is 0 Å². The number of carbonyl (C=O) groups is 1. The van der Waals surface area contributed by atoms with E-state index in [0.29, 0.717) is 13.1 Å². The number of hydrogen-bond acceptors (Lipinski definition) is 4. The van der Waals surface area contributed by atoms with Gasteiger partial charge in [-0.15, -0.1) is 0 Å². The first kappa shape index (κ1) is 14.3. The van der Waals surface area contributed by atoms with E-state index in [1.54, 1.807) is 29.7 Å². The molecular weight excluding hydrogens is 280 g/mol. The average molecular weight is 298 g/mol. The van der Waals surface area contributed by atoms with Crippen LogP contribution in [0.4, 0.5) is 10.5 Å². The molecule has 1 N–H and O–H groups in total. The summed E-state index contributed by atoms with van der Waals surface area (Å²) in [6, 6.07) is 5.45. The van der Waals surface area contributed by atoms with E-state index in [2.05, 4.69) is 15.3 Å². The lowest BCUT2D eigenvalue weighted by atomic mass is 10.2. The van der Waals surface area contributed by atoms with Gasteiger partial charge in [0, 0.05) is 25.4 Å². The largest absolute Gasteiger partial charge is 0.487 e. The third-order valence-corrected chi connectivity index (χ3v) is 3.65. The van der Waals surface area contributed by atoms with E-state index in [9.17, 15) is 4.79 Å². The number of likely N-dealkylation sites (tertiary alicyclic amines) is 1. The van der Waals surface area contributed by atoms with Gasteiger partial charge in [-0.25, -0.2) is 4.79 Å². The van der Waals surface area contributed by atoms with Gasteiger partial charge >= 0.3 is 6.03 Å². The summed E-state index contributed by atoms with van der Waals surface area (Å²) in [6.45, 7) is 3.19. The molecule has 1 saturated heterocycles. The molecule has 6 nitrogen and oxygen atoms in total. The standard InChI is InChI=1S/C16H18N4O2/c1-12-4-7-18-10-15(12)19-16(21)20-8-5-14(11-20)22-13-3-2-6-17-9-13/h2-4,6-7,9-10,14H,5,8,11H2,1H3,(H,19,21)/t14-/m0/s1. The van der Waals surface area contributed by atoms with Crippen molar-refractivity contribution in [3.8, 4) is 5.75 Å². The number of hydrogen-bond donors (Lipinski definition) is 1. The summed E-state index contributed by atoms with van der Waals surface area (Å²) in [5, 5.41) is 2.89. The number of nitrogens with zero attached hydrogens (tertiary/aromatic N) is 3. The van der Waals surface area contributed by atoms with Crippen LogP contribution in [0.15, 0.2) is 43.0 Å². The van der Waals surface area contributed by atoms with Crippen LogP contribution in [0.25, 0.3) is 0 Å². The van der Waals surface area contributed by atoms with Crippen LogP contribution in [-0.4, -0.2) is 40.1 Å². The van der Waals surface area contributed by atoms with Crippen molar-refractivity contribution in [1.29, 1.82) is 0 Å². The molecule has 0 unspecified atom stereocenters. The fourth-order valence-corrected chi connectivity index (χ4v) is 2.41. The molecule has 1 atom stereocenters. The van der Waals surface area contributed by atoms with Gasteiger partial charge in [-0.3, -0.25) is 9.97 Å². The SMILES string of the molecule is Cc1ccncc1NC(=O)N1CC[C@H](Oc2cccnc2)C1. The van der Waals surface area contributed by atoms with Gasteiger partial charge in [0.2, 0.25) is 0 Å². The summed E-state index contributed by atoms with van der Waals surface area (Å²) >= 11 is 0. The molecule has 2 amide bonds. The van der Waals surface area contributed by atoms with Crippen LogP contribution in [-0.2, 0) is 0 Å². The predicted molar refractivity (Wildman–Crippen MR) is 82.8 cm³/mol. The highest BCUT2D eigenvalue weighted by Gasteiger charge is 2.27. The Morgan fingerprint density at radius 3 is 2.95 bits per heavy atom. The first-order valence-corrected chi connectivity index (χ1v) is 7.25. The Hall–Kier alpha value is -2.63. The lowest BCUT2D eigenvalue weighted by Gasteiger charge is -2.18. The third-order valence-electron chi connectivity index (χ3n) is 3.65. The molecule has 3 rings (SSSR count). The van der Waals surface area contributed by atoms with E-state index in [1.165, 1.54) is 0 Å². The number of amides is 2. The van der Waals surface area contributed by atoms with Crippen molar-refractivity contribution in [2.75, 3.05) is 18.4 Å². The van der Waals surface area contributed by atoms with Gasteiger partial charge in [0.1, 0.15) is 11.9 Å². The first-order chi connectivity index (χ1) is 10.7. The Morgan fingerprint density at radius 1 is 1.32 bits per heavy atom. The Balaban J connectivity index is 1.56. The smallest absolute Gasteiger partial charge is 0.322 e. The molecule has 0 radical (unpaired) electrons. The van der Waals surface area contributed by atoms with Crippen molar-refractivity contribution in [2.45, 2.75) is 19.4 Å². The summed E-state index contributed by atoms with van der Waals surface area (Å²) in [7, 11) is 0. The molecule has 0 bridgehead atoms. The fraction of sp³-hybridized carbons (Fsp3) is 0.312. The van der Waals surface area contributed by atoms with E-state index < -0.39 is 0 Å². The lowest BCUT2D eigenvalue weighted by Crippen LogP contribution is -2.34. The Kier molecular flexibility index (Phi) is 4.18. The number of urea groups is 1.